The number of halogens is 2. The van der Waals surface area contributed by atoms with Crippen LogP contribution in [0, 0.1) is 5.82 Å². The van der Waals surface area contributed by atoms with Crippen LogP contribution in [0.2, 0.25) is 5.02 Å². The van der Waals surface area contributed by atoms with Gasteiger partial charge in [-0.25, -0.2) is 17.8 Å². The number of aromatic amines is 1. The van der Waals surface area contributed by atoms with E-state index < -0.39 is 21.6 Å². The van der Waals surface area contributed by atoms with Gasteiger partial charge < -0.3 is 4.98 Å². The van der Waals surface area contributed by atoms with E-state index in [2.05, 4.69) is 14.9 Å². The Hall–Kier alpha value is -1.48. The SMILES string of the molecule is CCN1CCN(S(=O)(=O)Cc2cc(Cl)ccc2F)C[C@@H]1c1ncc[nH]1. The lowest BCUT2D eigenvalue weighted by atomic mass is 10.2. The van der Waals surface area contributed by atoms with E-state index in [-0.39, 0.29) is 18.2 Å². The lowest BCUT2D eigenvalue weighted by Gasteiger charge is -2.39. The van der Waals surface area contributed by atoms with E-state index in [1.807, 2.05) is 6.92 Å². The number of nitrogens with zero attached hydrogens (tertiary/aromatic N) is 3. The van der Waals surface area contributed by atoms with Gasteiger partial charge >= 0.3 is 0 Å². The van der Waals surface area contributed by atoms with Crippen molar-refractivity contribution in [1.29, 1.82) is 0 Å². The summed E-state index contributed by atoms with van der Waals surface area (Å²) in [5.41, 5.74) is 0.0833. The molecule has 1 atom stereocenters. The number of nitrogens with one attached hydrogen (secondary N) is 1. The first kappa shape index (κ1) is 18.3. The van der Waals surface area contributed by atoms with Crippen molar-refractivity contribution in [2.45, 2.75) is 18.7 Å². The van der Waals surface area contributed by atoms with Crippen molar-refractivity contribution in [2.24, 2.45) is 0 Å². The molecule has 1 saturated heterocycles. The Balaban J connectivity index is 1.81. The molecule has 0 saturated carbocycles. The third-order valence-corrected chi connectivity index (χ3v) is 6.46. The molecular weight excluding hydrogens is 367 g/mol. The lowest BCUT2D eigenvalue weighted by molar-refractivity contribution is 0.119. The summed E-state index contributed by atoms with van der Waals surface area (Å²) in [4.78, 5) is 9.50. The van der Waals surface area contributed by atoms with Crippen LogP contribution < -0.4 is 0 Å². The number of rotatable bonds is 5. The second-order valence-corrected chi connectivity index (χ2v) is 8.37. The van der Waals surface area contributed by atoms with Gasteiger partial charge in [0.25, 0.3) is 0 Å². The van der Waals surface area contributed by atoms with Gasteiger partial charge in [-0.05, 0) is 24.7 Å². The molecule has 1 fully saturated rings. The molecule has 1 aliphatic heterocycles. The van der Waals surface area contributed by atoms with E-state index in [1.165, 1.54) is 22.5 Å². The average Bonchev–Trinajstić information content (AvgIpc) is 3.11. The van der Waals surface area contributed by atoms with Gasteiger partial charge in [-0.3, -0.25) is 4.90 Å². The average molecular weight is 387 g/mol. The number of likely N-dealkylation sites (N-methyl/N-ethyl adjacent to an activating group) is 1. The van der Waals surface area contributed by atoms with Crippen molar-refractivity contribution in [3.05, 3.63) is 52.8 Å². The number of sulfonamides is 1. The maximum absolute atomic E-state index is 13.9. The van der Waals surface area contributed by atoms with Crippen LogP contribution in [0.25, 0.3) is 0 Å². The summed E-state index contributed by atoms with van der Waals surface area (Å²) in [6, 6.07) is 3.81. The van der Waals surface area contributed by atoms with E-state index in [4.69, 9.17) is 11.6 Å². The van der Waals surface area contributed by atoms with Gasteiger partial charge in [0.1, 0.15) is 11.6 Å². The van der Waals surface area contributed by atoms with Crippen LogP contribution >= 0.6 is 11.6 Å². The summed E-state index contributed by atoms with van der Waals surface area (Å²) in [6.45, 7) is 4.07. The monoisotopic (exact) mass is 386 g/mol. The summed E-state index contributed by atoms with van der Waals surface area (Å²) in [5, 5.41) is 0.316. The van der Waals surface area contributed by atoms with E-state index in [9.17, 15) is 12.8 Å². The molecule has 1 N–H and O–H groups in total. The van der Waals surface area contributed by atoms with Crippen molar-refractivity contribution in [1.82, 2.24) is 19.2 Å². The molecule has 0 radical (unpaired) electrons. The second kappa shape index (κ2) is 7.41. The molecular formula is C16H20ClFN4O2S. The van der Waals surface area contributed by atoms with E-state index in [1.54, 1.807) is 12.4 Å². The van der Waals surface area contributed by atoms with Crippen molar-refractivity contribution in [2.75, 3.05) is 26.2 Å². The molecule has 0 unspecified atom stereocenters. The van der Waals surface area contributed by atoms with Crippen molar-refractivity contribution in [3.63, 3.8) is 0 Å². The van der Waals surface area contributed by atoms with Crippen molar-refractivity contribution < 1.29 is 12.8 Å². The topological polar surface area (TPSA) is 69.3 Å². The summed E-state index contributed by atoms with van der Waals surface area (Å²) in [6.07, 6.45) is 3.37. The van der Waals surface area contributed by atoms with Crippen LogP contribution in [0.1, 0.15) is 24.4 Å². The quantitative estimate of drug-likeness (QED) is 0.856. The highest BCUT2D eigenvalue weighted by atomic mass is 35.5. The molecule has 0 amide bonds. The number of imidazole rings is 1. The Morgan fingerprint density at radius 3 is 2.88 bits per heavy atom. The van der Waals surface area contributed by atoms with Crippen LogP contribution in [0.5, 0.6) is 0 Å². The van der Waals surface area contributed by atoms with Gasteiger partial charge in [0, 0.05) is 42.6 Å². The number of hydrogen-bond acceptors (Lipinski definition) is 4. The maximum atomic E-state index is 13.9. The van der Waals surface area contributed by atoms with Crippen LogP contribution in [0.15, 0.2) is 30.6 Å². The summed E-state index contributed by atoms with van der Waals surface area (Å²) in [7, 11) is -3.66. The summed E-state index contributed by atoms with van der Waals surface area (Å²) < 4.78 is 40.9. The van der Waals surface area contributed by atoms with Gasteiger partial charge in [0.2, 0.25) is 10.0 Å². The van der Waals surface area contributed by atoms with Gasteiger partial charge in [-0.2, -0.15) is 4.31 Å². The molecule has 25 heavy (non-hydrogen) atoms. The molecule has 0 spiro atoms. The predicted octanol–water partition coefficient (Wildman–Crippen LogP) is 2.41. The van der Waals surface area contributed by atoms with E-state index in [0.29, 0.717) is 18.1 Å². The fourth-order valence-electron chi connectivity index (χ4n) is 3.09. The minimum Gasteiger partial charge on any atom is -0.347 e. The third kappa shape index (κ3) is 4.03. The van der Waals surface area contributed by atoms with Crippen molar-refractivity contribution in [3.8, 4) is 0 Å². The zero-order valence-corrected chi connectivity index (χ0v) is 15.4. The molecule has 9 heteroatoms. The Kier molecular flexibility index (Phi) is 5.43. The first-order valence-corrected chi connectivity index (χ1v) is 10.0. The first-order valence-electron chi connectivity index (χ1n) is 8.06. The normalized spacial score (nSPS) is 20.0. The van der Waals surface area contributed by atoms with Gasteiger partial charge in [-0.1, -0.05) is 18.5 Å². The summed E-state index contributed by atoms with van der Waals surface area (Å²) >= 11 is 5.87. The zero-order chi connectivity index (χ0) is 18.0. The minimum absolute atomic E-state index is 0.0833. The first-order chi connectivity index (χ1) is 11.9. The molecule has 2 aromatic rings. The Morgan fingerprint density at radius 2 is 2.20 bits per heavy atom. The molecule has 1 aliphatic rings. The number of hydrogen-bond donors (Lipinski definition) is 1. The van der Waals surface area contributed by atoms with Gasteiger partial charge in [-0.15, -0.1) is 0 Å². The molecule has 1 aromatic heterocycles. The Bertz CT molecular complexity index is 829. The highest BCUT2D eigenvalue weighted by molar-refractivity contribution is 7.88. The van der Waals surface area contributed by atoms with Crippen LogP contribution in [0.3, 0.4) is 0 Å². The number of benzene rings is 1. The number of H-pyrrole nitrogens is 1. The molecule has 1 aromatic carbocycles. The lowest BCUT2D eigenvalue weighted by Crippen LogP contribution is -2.50. The Morgan fingerprint density at radius 1 is 1.40 bits per heavy atom. The molecule has 2 heterocycles. The molecule has 0 aliphatic carbocycles. The highest BCUT2D eigenvalue weighted by Crippen LogP contribution is 2.26. The highest BCUT2D eigenvalue weighted by Gasteiger charge is 2.35. The van der Waals surface area contributed by atoms with Crippen molar-refractivity contribution >= 4 is 21.6 Å². The largest absolute Gasteiger partial charge is 0.347 e. The molecule has 3 rings (SSSR count). The minimum atomic E-state index is -3.66. The molecule has 136 valence electrons. The van der Waals surface area contributed by atoms with Crippen LogP contribution in [0.4, 0.5) is 4.39 Å². The van der Waals surface area contributed by atoms with Gasteiger partial charge in [0.05, 0.1) is 11.8 Å². The fraction of sp³-hybridized carbons (Fsp3) is 0.438. The predicted molar refractivity (Wildman–Crippen MR) is 94.2 cm³/mol. The maximum Gasteiger partial charge on any atom is 0.218 e. The summed E-state index contributed by atoms with van der Waals surface area (Å²) in [5.74, 6) is -0.241. The standard InChI is InChI=1S/C16H20ClFN4O2S/c1-2-21-7-8-22(10-15(21)16-19-5-6-20-16)25(23,24)11-12-9-13(17)3-4-14(12)18/h3-6,9,15H,2,7-8,10-11H2,1H3,(H,19,20)/t15-/m1/s1. The van der Waals surface area contributed by atoms with Gasteiger partial charge in [0.15, 0.2) is 0 Å². The molecule has 0 bridgehead atoms. The van der Waals surface area contributed by atoms with Crippen LogP contribution in [-0.2, 0) is 15.8 Å². The smallest absolute Gasteiger partial charge is 0.218 e. The van der Waals surface area contributed by atoms with Crippen LogP contribution in [-0.4, -0.2) is 53.8 Å². The Labute approximate surface area is 151 Å². The van der Waals surface area contributed by atoms with E-state index in [0.717, 1.165) is 12.4 Å². The zero-order valence-electron chi connectivity index (χ0n) is 13.8. The molecule has 6 nitrogen and oxygen atoms in total. The third-order valence-electron chi connectivity index (χ3n) is 4.43. The second-order valence-electron chi connectivity index (χ2n) is 5.97. The van der Waals surface area contributed by atoms with E-state index >= 15 is 0 Å². The number of piperazine rings is 1. The fourth-order valence-corrected chi connectivity index (χ4v) is 4.81. The number of aromatic nitrogens is 2.